The number of ether oxygens (including phenoxy) is 1. The Kier molecular flexibility index (Phi) is 4.97. The monoisotopic (exact) mass is 394 g/mol. The van der Waals surface area contributed by atoms with Crippen LogP contribution in [0.4, 0.5) is 0 Å². The van der Waals surface area contributed by atoms with Crippen molar-refractivity contribution in [1.29, 1.82) is 0 Å². The predicted molar refractivity (Wildman–Crippen MR) is 94.7 cm³/mol. The quantitative estimate of drug-likeness (QED) is 0.773. The number of carbonyl (C=O) groups is 2. The summed E-state index contributed by atoms with van der Waals surface area (Å²) in [6.07, 6.45) is 1.67. The lowest BCUT2D eigenvalue weighted by atomic mass is 9.71. The van der Waals surface area contributed by atoms with Crippen molar-refractivity contribution in [3.8, 4) is 0 Å². The third-order valence-electron chi connectivity index (χ3n) is 5.23. The summed E-state index contributed by atoms with van der Waals surface area (Å²) < 4.78 is 6.39. The van der Waals surface area contributed by atoms with Gasteiger partial charge in [0.2, 0.25) is 5.91 Å². The zero-order valence-corrected chi connectivity index (χ0v) is 15.7. The SMILES string of the molecule is CN(C)C(=O)C1CN(C(=O)c2cccc(Br)c2)CC12CCOCC2. The van der Waals surface area contributed by atoms with Crippen LogP contribution in [-0.4, -0.2) is 62.0 Å². The van der Waals surface area contributed by atoms with Gasteiger partial charge in [0, 0.05) is 55.8 Å². The van der Waals surface area contributed by atoms with Gasteiger partial charge in [-0.3, -0.25) is 9.59 Å². The maximum Gasteiger partial charge on any atom is 0.253 e. The van der Waals surface area contributed by atoms with E-state index in [-0.39, 0.29) is 23.1 Å². The molecule has 130 valence electrons. The predicted octanol–water partition coefficient (Wildman–Crippen LogP) is 2.41. The number of carbonyl (C=O) groups excluding carboxylic acids is 2. The molecule has 1 atom stereocenters. The highest BCUT2D eigenvalue weighted by Crippen LogP contribution is 2.45. The van der Waals surface area contributed by atoms with Crippen molar-refractivity contribution in [2.75, 3.05) is 40.4 Å². The lowest BCUT2D eigenvalue weighted by Crippen LogP contribution is -2.44. The minimum atomic E-state index is -0.152. The first kappa shape index (κ1) is 17.4. The van der Waals surface area contributed by atoms with Gasteiger partial charge in [-0.25, -0.2) is 0 Å². The number of rotatable bonds is 2. The maximum absolute atomic E-state index is 12.9. The molecule has 5 nitrogen and oxygen atoms in total. The molecule has 2 saturated heterocycles. The Morgan fingerprint density at radius 2 is 2.00 bits per heavy atom. The van der Waals surface area contributed by atoms with Gasteiger partial charge in [-0.2, -0.15) is 0 Å². The number of nitrogens with zero attached hydrogens (tertiary/aromatic N) is 2. The van der Waals surface area contributed by atoms with Gasteiger partial charge < -0.3 is 14.5 Å². The van der Waals surface area contributed by atoms with E-state index >= 15 is 0 Å². The molecule has 0 aromatic heterocycles. The average molecular weight is 395 g/mol. The molecule has 2 aliphatic rings. The third kappa shape index (κ3) is 3.22. The molecule has 0 N–H and O–H groups in total. The van der Waals surface area contributed by atoms with Crippen LogP contribution >= 0.6 is 15.9 Å². The molecule has 6 heteroatoms. The standard InChI is InChI=1S/C18H23BrN2O3/c1-20(2)17(23)15-11-21(12-18(15)6-8-24-9-7-18)16(22)13-4-3-5-14(19)10-13/h3-5,10,15H,6-9,11-12H2,1-2H3. The molecular formula is C18H23BrN2O3. The Labute approximate surface area is 151 Å². The fourth-order valence-electron chi connectivity index (χ4n) is 3.86. The lowest BCUT2D eigenvalue weighted by molar-refractivity contribution is -0.138. The van der Waals surface area contributed by atoms with E-state index < -0.39 is 0 Å². The molecule has 1 spiro atoms. The second-order valence-corrected chi connectivity index (χ2v) is 7.87. The van der Waals surface area contributed by atoms with Crippen LogP contribution in [0, 0.1) is 11.3 Å². The summed E-state index contributed by atoms with van der Waals surface area (Å²) in [5.41, 5.74) is 0.505. The Balaban J connectivity index is 1.86. The first-order chi connectivity index (χ1) is 11.4. The Hall–Kier alpha value is -1.40. The van der Waals surface area contributed by atoms with Crippen LogP contribution in [0.1, 0.15) is 23.2 Å². The molecule has 1 aromatic rings. The highest BCUT2D eigenvalue weighted by molar-refractivity contribution is 9.10. The maximum atomic E-state index is 12.9. The molecule has 2 fully saturated rings. The largest absolute Gasteiger partial charge is 0.381 e. The molecule has 2 aliphatic heterocycles. The van der Waals surface area contributed by atoms with Crippen LogP contribution in [0.15, 0.2) is 28.7 Å². The first-order valence-electron chi connectivity index (χ1n) is 8.27. The summed E-state index contributed by atoms with van der Waals surface area (Å²) in [4.78, 5) is 29.1. The van der Waals surface area contributed by atoms with E-state index in [1.165, 1.54) is 0 Å². The first-order valence-corrected chi connectivity index (χ1v) is 9.06. The van der Waals surface area contributed by atoms with Crippen LogP contribution in [0.5, 0.6) is 0 Å². The van der Waals surface area contributed by atoms with Crippen LogP contribution < -0.4 is 0 Å². The van der Waals surface area contributed by atoms with Gasteiger partial charge in [-0.15, -0.1) is 0 Å². The van der Waals surface area contributed by atoms with E-state index in [0.29, 0.717) is 31.9 Å². The van der Waals surface area contributed by atoms with Crippen LogP contribution in [0.25, 0.3) is 0 Å². The molecule has 3 rings (SSSR count). The van der Waals surface area contributed by atoms with Gasteiger partial charge in [0.05, 0.1) is 5.92 Å². The molecule has 24 heavy (non-hydrogen) atoms. The molecule has 0 aliphatic carbocycles. The molecule has 0 saturated carbocycles. The van der Waals surface area contributed by atoms with Crippen molar-refractivity contribution in [3.63, 3.8) is 0 Å². The molecule has 0 radical (unpaired) electrons. The van der Waals surface area contributed by atoms with Crippen LogP contribution in [0.3, 0.4) is 0 Å². The molecular weight excluding hydrogens is 372 g/mol. The summed E-state index contributed by atoms with van der Waals surface area (Å²) in [6.45, 7) is 2.45. The molecule has 1 unspecified atom stereocenters. The van der Waals surface area contributed by atoms with Crippen molar-refractivity contribution in [2.24, 2.45) is 11.3 Å². The third-order valence-corrected chi connectivity index (χ3v) is 5.73. The zero-order chi connectivity index (χ0) is 17.3. The molecule has 2 amide bonds. The summed E-state index contributed by atoms with van der Waals surface area (Å²) in [5.74, 6) is -0.0369. The summed E-state index contributed by atoms with van der Waals surface area (Å²) >= 11 is 3.42. The van der Waals surface area contributed by atoms with E-state index in [1.807, 2.05) is 29.2 Å². The van der Waals surface area contributed by atoms with E-state index in [9.17, 15) is 9.59 Å². The number of amides is 2. The normalized spacial score (nSPS) is 22.6. The second-order valence-electron chi connectivity index (χ2n) is 6.96. The second kappa shape index (κ2) is 6.84. The lowest BCUT2D eigenvalue weighted by Gasteiger charge is -2.37. The highest BCUT2D eigenvalue weighted by Gasteiger charge is 2.52. The summed E-state index contributed by atoms with van der Waals surface area (Å²) in [6, 6.07) is 7.42. The van der Waals surface area contributed by atoms with Crippen molar-refractivity contribution in [2.45, 2.75) is 12.8 Å². The van der Waals surface area contributed by atoms with E-state index in [2.05, 4.69) is 15.9 Å². The van der Waals surface area contributed by atoms with Crippen LogP contribution in [-0.2, 0) is 9.53 Å². The van der Waals surface area contributed by atoms with Gasteiger partial charge in [-0.1, -0.05) is 22.0 Å². The van der Waals surface area contributed by atoms with Gasteiger partial charge >= 0.3 is 0 Å². The van der Waals surface area contributed by atoms with E-state index in [1.54, 1.807) is 19.0 Å². The van der Waals surface area contributed by atoms with Crippen molar-refractivity contribution in [1.82, 2.24) is 9.80 Å². The van der Waals surface area contributed by atoms with Crippen molar-refractivity contribution >= 4 is 27.7 Å². The highest BCUT2D eigenvalue weighted by atomic mass is 79.9. The van der Waals surface area contributed by atoms with Crippen molar-refractivity contribution < 1.29 is 14.3 Å². The number of benzene rings is 1. The van der Waals surface area contributed by atoms with E-state index in [4.69, 9.17) is 4.74 Å². The number of halogens is 1. The van der Waals surface area contributed by atoms with Gasteiger partial charge in [0.1, 0.15) is 0 Å². The molecule has 1 aromatic carbocycles. The van der Waals surface area contributed by atoms with E-state index in [0.717, 1.165) is 17.3 Å². The topological polar surface area (TPSA) is 49.9 Å². The minimum Gasteiger partial charge on any atom is -0.381 e. The van der Waals surface area contributed by atoms with Crippen LogP contribution in [0.2, 0.25) is 0 Å². The Morgan fingerprint density at radius 1 is 1.29 bits per heavy atom. The average Bonchev–Trinajstić information content (AvgIpc) is 2.92. The Morgan fingerprint density at radius 3 is 2.62 bits per heavy atom. The summed E-state index contributed by atoms with van der Waals surface area (Å²) in [5, 5.41) is 0. The fraction of sp³-hybridized carbons (Fsp3) is 0.556. The zero-order valence-electron chi connectivity index (χ0n) is 14.1. The van der Waals surface area contributed by atoms with Crippen molar-refractivity contribution in [3.05, 3.63) is 34.3 Å². The summed E-state index contributed by atoms with van der Waals surface area (Å²) in [7, 11) is 3.57. The van der Waals surface area contributed by atoms with Gasteiger partial charge in [0.15, 0.2) is 0 Å². The number of likely N-dealkylation sites (tertiary alicyclic amines) is 1. The molecule has 2 heterocycles. The van der Waals surface area contributed by atoms with Gasteiger partial charge in [0.25, 0.3) is 5.91 Å². The number of hydrogen-bond acceptors (Lipinski definition) is 3. The Bertz CT molecular complexity index is 641. The van der Waals surface area contributed by atoms with Gasteiger partial charge in [-0.05, 0) is 31.0 Å². The minimum absolute atomic E-state index is 0.00350. The molecule has 0 bridgehead atoms. The fourth-order valence-corrected chi connectivity index (χ4v) is 4.26. The smallest absolute Gasteiger partial charge is 0.253 e. The number of hydrogen-bond donors (Lipinski definition) is 0.